The number of hydrogen-bond donors (Lipinski definition) is 1. The highest BCUT2D eigenvalue weighted by Crippen LogP contribution is 2.32. The zero-order chi connectivity index (χ0) is 21.0. The van der Waals surface area contributed by atoms with Gasteiger partial charge in [-0.25, -0.2) is 0 Å². The first-order valence-corrected chi connectivity index (χ1v) is 9.37. The number of nitro benzene ring substituents is 1. The number of hydrogen-bond acceptors (Lipinski definition) is 5. The van der Waals surface area contributed by atoms with Crippen LogP contribution < -0.4 is 5.32 Å². The lowest BCUT2D eigenvalue weighted by Gasteiger charge is -2.20. The summed E-state index contributed by atoms with van der Waals surface area (Å²) in [5.41, 5.74) is 0.150. The van der Waals surface area contributed by atoms with E-state index in [0.717, 1.165) is 12.1 Å². The van der Waals surface area contributed by atoms with E-state index in [1.165, 1.54) is 47.7 Å². The van der Waals surface area contributed by atoms with Crippen LogP contribution in [0.15, 0.2) is 66.0 Å². The summed E-state index contributed by atoms with van der Waals surface area (Å²) in [6.45, 7) is 0. The Morgan fingerprint density at radius 1 is 1.07 bits per heavy atom. The van der Waals surface area contributed by atoms with E-state index in [1.807, 2.05) is 0 Å². The number of nitrogens with zero attached hydrogens (tertiary/aromatic N) is 1. The third-order valence-electron chi connectivity index (χ3n) is 4.24. The average molecular weight is 420 g/mol. The number of carbonyl (C=O) groups is 1. The highest BCUT2D eigenvalue weighted by molar-refractivity contribution is 7.12. The van der Waals surface area contributed by atoms with Gasteiger partial charge in [-0.2, -0.15) is 13.2 Å². The standard InChI is InChI=1S/C20H15F3N2O3S/c21-20(22,23)14-5-3-13(4-6-14)17(12-18(26)19-2-1-11-29-19)24-15-7-9-16(10-8-15)25(27)28/h1-11,17,24H,12H2. The van der Waals surface area contributed by atoms with Crippen LogP contribution in [0.2, 0.25) is 0 Å². The molecule has 0 aliphatic heterocycles. The number of carbonyl (C=O) groups excluding carboxylic acids is 1. The van der Waals surface area contributed by atoms with Crippen LogP contribution in [0.3, 0.4) is 0 Å². The molecule has 1 atom stereocenters. The number of thiophene rings is 1. The summed E-state index contributed by atoms with van der Waals surface area (Å²) >= 11 is 1.28. The van der Waals surface area contributed by atoms with Gasteiger partial charge >= 0.3 is 6.18 Å². The molecule has 1 N–H and O–H groups in total. The zero-order valence-electron chi connectivity index (χ0n) is 14.8. The van der Waals surface area contributed by atoms with Gasteiger partial charge in [0.15, 0.2) is 5.78 Å². The number of alkyl halides is 3. The van der Waals surface area contributed by atoms with E-state index >= 15 is 0 Å². The predicted molar refractivity (Wildman–Crippen MR) is 104 cm³/mol. The summed E-state index contributed by atoms with van der Waals surface area (Å²) < 4.78 is 38.5. The monoisotopic (exact) mass is 420 g/mol. The molecule has 0 amide bonds. The maximum atomic E-state index is 12.8. The number of nitrogens with one attached hydrogen (secondary N) is 1. The van der Waals surface area contributed by atoms with Gasteiger partial charge in [0.1, 0.15) is 0 Å². The van der Waals surface area contributed by atoms with Gasteiger partial charge < -0.3 is 5.32 Å². The van der Waals surface area contributed by atoms with Crippen molar-refractivity contribution < 1.29 is 22.9 Å². The van der Waals surface area contributed by atoms with Crippen molar-refractivity contribution in [1.82, 2.24) is 0 Å². The van der Waals surface area contributed by atoms with E-state index in [4.69, 9.17) is 0 Å². The smallest absolute Gasteiger partial charge is 0.378 e. The van der Waals surface area contributed by atoms with Crippen LogP contribution in [-0.4, -0.2) is 10.7 Å². The molecule has 0 spiro atoms. The number of rotatable bonds is 7. The van der Waals surface area contributed by atoms with Crippen molar-refractivity contribution in [2.75, 3.05) is 5.32 Å². The molecule has 5 nitrogen and oxygen atoms in total. The Bertz CT molecular complexity index is 985. The number of benzene rings is 2. The summed E-state index contributed by atoms with van der Waals surface area (Å²) in [4.78, 5) is 23.4. The quantitative estimate of drug-likeness (QED) is 0.285. The van der Waals surface area contributed by atoms with E-state index in [1.54, 1.807) is 17.5 Å². The molecule has 29 heavy (non-hydrogen) atoms. The van der Waals surface area contributed by atoms with Crippen LogP contribution in [0, 0.1) is 10.1 Å². The molecule has 9 heteroatoms. The van der Waals surface area contributed by atoms with E-state index in [9.17, 15) is 28.1 Å². The Balaban J connectivity index is 1.86. The zero-order valence-corrected chi connectivity index (χ0v) is 15.7. The van der Waals surface area contributed by atoms with Gasteiger partial charge in [0, 0.05) is 24.2 Å². The molecular formula is C20H15F3N2O3S. The van der Waals surface area contributed by atoms with Crippen LogP contribution in [0.4, 0.5) is 24.5 Å². The molecule has 3 rings (SSSR count). The van der Waals surface area contributed by atoms with Gasteiger partial charge in [-0.15, -0.1) is 11.3 Å². The third-order valence-corrected chi connectivity index (χ3v) is 5.16. The van der Waals surface area contributed by atoms with Gasteiger partial charge in [-0.1, -0.05) is 18.2 Å². The molecule has 0 aliphatic carbocycles. The van der Waals surface area contributed by atoms with Crippen molar-refractivity contribution in [1.29, 1.82) is 0 Å². The minimum absolute atomic E-state index is 0.0167. The maximum absolute atomic E-state index is 12.8. The first-order valence-electron chi connectivity index (χ1n) is 8.49. The fraction of sp³-hybridized carbons (Fsp3) is 0.150. The number of non-ortho nitro benzene ring substituents is 1. The summed E-state index contributed by atoms with van der Waals surface area (Å²) in [5.74, 6) is -0.153. The second-order valence-corrected chi connectivity index (χ2v) is 7.17. The summed E-state index contributed by atoms with van der Waals surface area (Å²) in [6, 6.07) is 13.0. The fourth-order valence-electron chi connectivity index (χ4n) is 2.76. The molecule has 0 bridgehead atoms. The first kappa shape index (κ1) is 20.5. The second kappa shape index (κ2) is 8.44. The molecule has 1 heterocycles. The molecule has 0 aliphatic rings. The summed E-state index contributed by atoms with van der Waals surface area (Å²) in [7, 11) is 0. The number of nitro groups is 1. The lowest BCUT2D eigenvalue weighted by atomic mass is 9.99. The molecule has 3 aromatic rings. The third kappa shape index (κ3) is 5.20. The number of ketones is 1. The average Bonchev–Trinajstić information content (AvgIpc) is 3.22. The van der Waals surface area contributed by atoms with Crippen LogP contribution in [0.25, 0.3) is 0 Å². The molecule has 0 saturated heterocycles. The molecule has 0 fully saturated rings. The lowest BCUT2D eigenvalue weighted by molar-refractivity contribution is -0.384. The molecule has 2 aromatic carbocycles. The Morgan fingerprint density at radius 2 is 1.72 bits per heavy atom. The topological polar surface area (TPSA) is 72.2 Å². The van der Waals surface area contributed by atoms with Crippen molar-refractivity contribution in [3.05, 3.63) is 92.2 Å². The molecule has 0 saturated carbocycles. The van der Waals surface area contributed by atoms with Crippen LogP contribution >= 0.6 is 11.3 Å². The normalized spacial score (nSPS) is 12.4. The van der Waals surface area contributed by atoms with Gasteiger partial charge in [-0.05, 0) is 41.3 Å². The number of Topliss-reactive ketones (excluding diaryl/α,β-unsaturated/α-hetero) is 1. The minimum atomic E-state index is -4.45. The second-order valence-electron chi connectivity index (χ2n) is 6.23. The van der Waals surface area contributed by atoms with Gasteiger partial charge in [-0.3, -0.25) is 14.9 Å². The molecule has 0 radical (unpaired) electrons. The van der Waals surface area contributed by atoms with E-state index < -0.39 is 22.7 Å². The van der Waals surface area contributed by atoms with Crippen molar-refractivity contribution in [2.45, 2.75) is 18.6 Å². The highest BCUT2D eigenvalue weighted by Gasteiger charge is 2.30. The highest BCUT2D eigenvalue weighted by atomic mass is 32.1. The van der Waals surface area contributed by atoms with E-state index in [-0.39, 0.29) is 17.9 Å². The van der Waals surface area contributed by atoms with E-state index in [2.05, 4.69) is 5.32 Å². The number of halogens is 3. The fourth-order valence-corrected chi connectivity index (χ4v) is 3.44. The predicted octanol–water partition coefficient (Wildman–Crippen LogP) is 6.10. The van der Waals surface area contributed by atoms with Crippen molar-refractivity contribution in [3.8, 4) is 0 Å². The molecule has 1 unspecified atom stereocenters. The minimum Gasteiger partial charge on any atom is -0.378 e. The van der Waals surface area contributed by atoms with Gasteiger partial charge in [0.25, 0.3) is 5.69 Å². The van der Waals surface area contributed by atoms with Crippen molar-refractivity contribution in [2.24, 2.45) is 0 Å². The largest absolute Gasteiger partial charge is 0.416 e. The summed E-state index contributed by atoms with van der Waals surface area (Å²) in [6.07, 6.45) is -4.44. The van der Waals surface area contributed by atoms with Crippen LogP contribution in [0.5, 0.6) is 0 Å². The lowest BCUT2D eigenvalue weighted by Crippen LogP contribution is -2.16. The van der Waals surface area contributed by atoms with Crippen LogP contribution in [0.1, 0.15) is 33.3 Å². The Hall–Kier alpha value is -3.20. The van der Waals surface area contributed by atoms with E-state index in [0.29, 0.717) is 16.1 Å². The van der Waals surface area contributed by atoms with Crippen molar-refractivity contribution >= 4 is 28.5 Å². The van der Waals surface area contributed by atoms with Crippen molar-refractivity contribution in [3.63, 3.8) is 0 Å². The summed E-state index contributed by atoms with van der Waals surface area (Å²) in [5, 5.41) is 15.7. The van der Waals surface area contributed by atoms with Crippen LogP contribution in [-0.2, 0) is 6.18 Å². The number of anilines is 1. The Labute approximate surface area is 168 Å². The molecule has 150 valence electrons. The Morgan fingerprint density at radius 3 is 2.24 bits per heavy atom. The first-order chi connectivity index (χ1) is 13.7. The van der Waals surface area contributed by atoms with Gasteiger partial charge in [0.05, 0.1) is 21.4 Å². The van der Waals surface area contributed by atoms with Gasteiger partial charge in [0.2, 0.25) is 0 Å². The molecular weight excluding hydrogens is 405 g/mol. The Kier molecular flexibility index (Phi) is 5.97. The SMILES string of the molecule is O=C(CC(Nc1ccc([N+](=O)[O-])cc1)c1ccc(C(F)(F)F)cc1)c1cccs1. The molecule has 1 aromatic heterocycles. The maximum Gasteiger partial charge on any atom is 0.416 e.